The molecule has 0 aromatic heterocycles. The van der Waals surface area contributed by atoms with Crippen LogP contribution < -0.4 is 5.32 Å². The maximum Gasteiger partial charge on any atom is 0.221 e. The summed E-state index contributed by atoms with van der Waals surface area (Å²) >= 11 is 0. The van der Waals surface area contributed by atoms with Crippen LogP contribution in [0.1, 0.15) is 17.5 Å². The Morgan fingerprint density at radius 3 is 2.16 bits per heavy atom. The molecule has 1 saturated heterocycles. The second-order valence-corrected chi connectivity index (χ2v) is 5.26. The molecular weight excluding hydrogens is 234 g/mol. The third-order valence-electron chi connectivity index (χ3n) is 3.89. The Morgan fingerprint density at radius 1 is 0.947 bits per heavy atom. The van der Waals surface area contributed by atoms with Crippen LogP contribution in [0.5, 0.6) is 0 Å². The lowest BCUT2D eigenvalue weighted by molar-refractivity contribution is -0.119. The number of amides is 1. The first-order valence-electron chi connectivity index (χ1n) is 6.65. The Morgan fingerprint density at radius 2 is 1.58 bits per heavy atom. The molecule has 3 rings (SSSR count). The average molecular weight is 251 g/mol. The molecule has 0 saturated carbocycles. The number of benzene rings is 2. The smallest absolute Gasteiger partial charge is 0.221 e. The SMILES string of the molecule is O=C1CC(Cc2ccccc2)(c2ccccc2)CN1. The molecule has 0 bridgehead atoms. The molecule has 19 heavy (non-hydrogen) atoms. The highest BCUT2D eigenvalue weighted by atomic mass is 16.1. The molecule has 0 spiro atoms. The van der Waals surface area contributed by atoms with E-state index in [9.17, 15) is 4.79 Å². The van der Waals surface area contributed by atoms with Crippen LogP contribution in [0.25, 0.3) is 0 Å². The highest BCUT2D eigenvalue weighted by molar-refractivity contribution is 5.80. The molecule has 1 aliphatic rings. The van der Waals surface area contributed by atoms with Crippen LogP contribution in [-0.2, 0) is 16.6 Å². The molecule has 1 amide bonds. The van der Waals surface area contributed by atoms with Crippen LogP contribution in [0.2, 0.25) is 0 Å². The largest absolute Gasteiger partial charge is 0.355 e. The van der Waals surface area contributed by atoms with Crippen LogP contribution in [0.15, 0.2) is 60.7 Å². The van der Waals surface area contributed by atoms with Crippen molar-refractivity contribution in [2.24, 2.45) is 0 Å². The van der Waals surface area contributed by atoms with E-state index in [1.54, 1.807) is 0 Å². The summed E-state index contributed by atoms with van der Waals surface area (Å²) in [6.07, 6.45) is 1.47. The lowest BCUT2D eigenvalue weighted by Crippen LogP contribution is -2.31. The van der Waals surface area contributed by atoms with Crippen molar-refractivity contribution in [1.82, 2.24) is 5.32 Å². The zero-order chi connectivity index (χ0) is 13.1. The van der Waals surface area contributed by atoms with Gasteiger partial charge in [0.1, 0.15) is 0 Å². The van der Waals surface area contributed by atoms with E-state index >= 15 is 0 Å². The van der Waals surface area contributed by atoms with Crippen molar-refractivity contribution in [2.45, 2.75) is 18.3 Å². The Balaban J connectivity index is 1.96. The van der Waals surface area contributed by atoms with Crippen LogP contribution in [-0.4, -0.2) is 12.5 Å². The van der Waals surface area contributed by atoms with Gasteiger partial charge in [-0.25, -0.2) is 0 Å². The van der Waals surface area contributed by atoms with Gasteiger partial charge in [-0.1, -0.05) is 60.7 Å². The molecule has 2 aromatic carbocycles. The zero-order valence-electron chi connectivity index (χ0n) is 10.8. The summed E-state index contributed by atoms with van der Waals surface area (Å²) in [7, 11) is 0. The van der Waals surface area contributed by atoms with Crippen LogP contribution >= 0.6 is 0 Å². The Labute approximate surface area is 113 Å². The second kappa shape index (κ2) is 4.88. The van der Waals surface area contributed by atoms with Crippen molar-refractivity contribution in [3.63, 3.8) is 0 Å². The van der Waals surface area contributed by atoms with Crippen LogP contribution in [0.3, 0.4) is 0 Å². The Bertz CT molecular complexity index is 564. The van der Waals surface area contributed by atoms with Crippen molar-refractivity contribution >= 4 is 5.91 Å². The molecule has 1 heterocycles. The molecule has 0 radical (unpaired) electrons. The third kappa shape index (κ3) is 2.39. The molecule has 2 nitrogen and oxygen atoms in total. The van der Waals surface area contributed by atoms with E-state index in [4.69, 9.17) is 0 Å². The monoisotopic (exact) mass is 251 g/mol. The standard InChI is InChI=1S/C17H17NO/c19-16-12-17(13-18-16,15-9-5-2-6-10-15)11-14-7-3-1-4-8-14/h1-10H,11-13H2,(H,18,19). The van der Waals surface area contributed by atoms with E-state index in [0.717, 1.165) is 13.0 Å². The number of hydrogen-bond donors (Lipinski definition) is 1. The van der Waals surface area contributed by atoms with E-state index in [1.165, 1.54) is 11.1 Å². The van der Waals surface area contributed by atoms with Gasteiger partial charge in [-0.2, -0.15) is 0 Å². The number of rotatable bonds is 3. The van der Waals surface area contributed by atoms with E-state index in [1.807, 2.05) is 24.3 Å². The lowest BCUT2D eigenvalue weighted by atomic mass is 9.75. The van der Waals surface area contributed by atoms with Gasteiger partial charge in [0, 0.05) is 18.4 Å². The molecule has 1 atom stereocenters. The number of nitrogens with one attached hydrogen (secondary N) is 1. The number of hydrogen-bond acceptors (Lipinski definition) is 1. The quantitative estimate of drug-likeness (QED) is 0.892. The summed E-state index contributed by atoms with van der Waals surface area (Å²) in [4.78, 5) is 11.7. The molecule has 1 aliphatic heterocycles. The maximum atomic E-state index is 11.7. The molecule has 2 aromatic rings. The van der Waals surface area contributed by atoms with Crippen molar-refractivity contribution in [3.05, 3.63) is 71.8 Å². The average Bonchev–Trinajstić information content (AvgIpc) is 2.83. The fourth-order valence-electron chi connectivity index (χ4n) is 2.91. The van der Waals surface area contributed by atoms with Gasteiger partial charge in [0.05, 0.1) is 0 Å². The Kier molecular flexibility index (Phi) is 3.08. The van der Waals surface area contributed by atoms with Crippen molar-refractivity contribution in [2.75, 3.05) is 6.54 Å². The van der Waals surface area contributed by atoms with E-state index in [0.29, 0.717) is 6.42 Å². The predicted molar refractivity (Wildman–Crippen MR) is 75.9 cm³/mol. The fourth-order valence-corrected chi connectivity index (χ4v) is 2.91. The van der Waals surface area contributed by atoms with Gasteiger partial charge in [0.25, 0.3) is 0 Å². The summed E-state index contributed by atoms with van der Waals surface area (Å²) in [5.41, 5.74) is 2.43. The minimum absolute atomic E-state index is 0.0975. The lowest BCUT2D eigenvalue weighted by Gasteiger charge is -2.28. The summed E-state index contributed by atoms with van der Waals surface area (Å²) in [5, 5.41) is 2.99. The molecule has 0 aliphatic carbocycles. The van der Waals surface area contributed by atoms with Crippen LogP contribution in [0, 0.1) is 0 Å². The molecule has 2 heteroatoms. The van der Waals surface area contributed by atoms with Gasteiger partial charge >= 0.3 is 0 Å². The third-order valence-corrected chi connectivity index (χ3v) is 3.89. The van der Waals surface area contributed by atoms with Crippen LogP contribution in [0.4, 0.5) is 0 Å². The topological polar surface area (TPSA) is 29.1 Å². The summed E-state index contributed by atoms with van der Waals surface area (Å²) in [6, 6.07) is 20.8. The number of carbonyl (C=O) groups is 1. The highest BCUT2D eigenvalue weighted by Gasteiger charge is 2.39. The van der Waals surface area contributed by atoms with E-state index in [2.05, 4.69) is 41.7 Å². The Hall–Kier alpha value is -2.09. The second-order valence-electron chi connectivity index (χ2n) is 5.26. The fraction of sp³-hybridized carbons (Fsp3) is 0.235. The predicted octanol–water partition coefficient (Wildman–Crippen LogP) is 2.69. The van der Waals surface area contributed by atoms with E-state index < -0.39 is 0 Å². The van der Waals surface area contributed by atoms with E-state index in [-0.39, 0.29) is 11.3 Å². The maximum absolute atomic E-state index is 11.7. The number of carbonyl (C=O) groups excluding carboxylic acids is 1. The first-order valence-corrected chi connectivity index (χ1v) is 6.65. The molecule has 1 fully saturated rings. The minimum Gasteiger partial charge on any atom is -0.355 e. The first-order chi connectivity index (χ1) is 9.28. The summed E-state index contributed by atoms with van der Waals surface area (Å²) < 4.78 is 0. The first kappa shape index (κ1) is 12.0. The summed E-state index contributed by atoms with van der Waals surface area (Å²) in [5.74, 6) is 0.153. The zero-order valence-corrected chi connectivity index (χ0v) is 10.8. The minimum atomic E-state index is -0.0975. The summed E-state index contributed by atoms with van der Waals surface area (Å²) in [6.45, 7) is 0.727. The molecule has 96 valence electrons. The normalized spacial score (nSPS) is 22.2. The van der Waals surface area contributed by atoms with Gasteiger partial charge in [-0.15, -0.1) is 0 Å². The molecule has 1 unspecified atom stereocenters. The van der Waals surface area contributed by atoms with Gasteiger partial charge in [0.2, 0.25) is 5.91 Å². The molecular formula is C17H17NO. The van der Waals surface area contributed by atoms with Crippen molar-refractivity contribution in [3.8, 4) is 0 Å². The van der Waals surface area contributed by atoms with Gasteiger partial charge in [-0.05, 0) is 17.5 Å². The van der Waals surface area contributed by atoms with Gasteiger partial charge in [0.15, 0.2) is 0 Å². The van der Waals surface area contributed by atoms with Crippen molar-refractivity contribution in [1.29, 1.82) is 0 Å². The molecule has 1 N–H and O–H groups in total. The van der Waals surface area contributed by atoms with Gasteiger partial charge in [-0.3, -0.25) is 4.79 Å². The van der Waals surface area contributed by atoms with Gasteiger partial charge < -0.3 is 5.32 Å². The van der Waals surface area contributed by atoms with Crippen molar-refractivity contribution < 1.29 is 4.79 Å². The highest BCUT2D eigenvalue weighted by Crippen LogP contribution is 2.34.